The number of aryl methyl sites for hydroxylation is 1. The molecule has 9 heteroatoms. The van der Waals surface area contributed by atoms with Gasteiger partial charge in [0, 0.05) is 5.69 Å². The second kappa shape index (κ2) is 9.97. The van der Waals surface area contributed by atoms with Crippen LogP contribution in [0.5, 0.6) is 0 Å². The van der Waals surface area contributed by atoms with Crippen LogP contribution in [0.25, 0.3) is 0 Å². The molecule has 1 amide bonds. The third-order valence-corrected chi connectivity index (χ3v) is 5.99. The van der Waals surface area contributed by atoms with E-state index in [-0.39, 0.29) is 16.0 Å². The Morgan fingerprint density at radius 3 is 2.45 bits per heavy atom. The van der Waals surface area contributed by atoms with E-state index in [2.05, 4.69) is 10.0 Å². The number of carbonyl (C=O) groups is 2. The van der Waals surface area contributed by atoms with Gasteiger partial charge in [-0.2, -0.15) is 5.26 Å². The number of sulfonamides is 1. The summed E-state index contributed by atoms with van der Waals surface area (Å²) in [6, 6.07) is 20.6. The number of nitrogens with one attached hydrogen (secondary N) is 2. The normalized spacial score (nSPS) is 11.7. The fourth-order valence-electron chi connectivity index (χ4n) is 2.92. The molecule has 0 aromatic heterocycles. The minimum absolute atomic E-state index is 0.0285. The number of hydrogen-bond donors (Lipinski definition) is 2. The summed E-state index contributed by atoms with van der Waals surface area (Å²) in [5.41, 5.74) is 1.81. The quantitative estimate of drug-likeness (QED) is 0.513. The number of rotatable bonds is 7. The van der Waals surface area contributed by atoms with Crippen LogP contribution in [0.4, 0.5) is 11.4 Å². The highest BCUT2D eigenvalue weighted by Crippen LogP contribution is 2.19. The van der Waals surface area contributed by atoms with Crippen molar-refractivity contribution in [2.75, 3.05) is 10.0 Å². The minimum Gasteiger partial charge on any atom is -0.449 e. The number of anilines is 2. The Kier molecular flexibility index (Phi) is 7.10. The summed E-state index contributed by atoms with van der Waals surface area (Å²) in [5, 5.41) is 11.7. The van der Waals surface area contributed by atoms with E-state index >= 15 is 0 Å². The van der Waals surface area contributed by atoms with Gasteiger partial charge in [-0.05, 0) is 61.9 Å². The fraction of sp³-hybridized carbons (Fsp3) is 0.125. The van der Waals surface area contributed by atoms with Crippen LogP contribution in [-0.4, -0.2) is 26.4 Å². The summed E-state index contributed by atoms with van der Waals surface area (Å²) in [7, 11) is -3.95. The molecule has 2 N–H and O–H groups in total. The summed E-state index contributed by atoms with van der Waals surface area (Å²) < 4.78 is 33.1. The molecule has 0 heterocycles. The lowest BCUT2D eigenvalue weighted by molar-refractivity contribution is -0.123. The van der Waals surface area contributed by atoms with Gasteiger partial charge in [0.15, 0.2) is 6.10 Å². The van der Waals surface area contributed by atoms with Crippen LogP contribution in [0.3, 0.4) is 0 Å². The maximum atomic E-state index is 12.7. The van der Waals surface area contributed by atoms with Gasteiger partial charge in [-0.3, -0.25) is 9.52 Å². The predicted octanol–water partition coefficient (Wildman–Crippen LogP) is 3.85. The highest BCUT2D eigenvalue weighted by atomic mass is 32.2. The molecular formula is C24H21N3O5S. The van der Waals surface area contributed by atoms with Gasteiger partial charge in [0.25, 0.3) is 15.9 Å². The summed E-state index contributed by atoms with van der Waals surface area (Å²) in [6.07, 6.45) is -1.19. The first kappa shape index (κ1) is 23.5. The molecule has 0 spiro atoms. The number of amides is 1. The molecule has 168 valence electrons. The molecule has 3 aromatic carbocycles. The first-order chi connectivity index (χ1) is 15.7. The van der Waals surface area contributed by atoms with Crippen molar-refractivity contribution in [3.05, 3.63) is 89.5 Å². The van der Waals surface area contributed by atoms with Gasteiger partial charge in [-0.25, -0.2) is 13.2 Å². The largest absolute Gasteiger partial charge is 0.449 e. The van der Waals surface area contributed by atoms with Gasteiger partial charge in [0.05, 0.1) is 21.7 Å². The Balaban J connectivity index is 1.71. The zero-order chi connectivity index (χ0) is 24.0. The summed E-state index contributed by atoms with van der Waals surface area (Å²) in [5.74, 6) is -1.49. The second-order valence-electron chi connectivity index (χ2n) is 7.20. The highest BCUT2D eigenvalue weighted by Gasteiger charge is 2.22. The maximum absolute atomic E-state index is 12.7. The van der Waals surface area contributed by atoms with Crippen LogP contribution in [0.2, 0.25) is 0 Å². The molecule has 3 aromatic rings. The average molecular weight is 464 g/mol. The number of carbonyl (C=O) groups excluding carboxylic acids is 2. The summed E-state index contributed by atoms with van der Waals surface area (Å²) in [4.78, 5) is 24.8. The van der Waals surface area contributed by atoms with E-state index in [0.29, 0.717) is 11.4 Å². The van der Waals surface area contributed by atoms with Crippen LogP contribution in [0.1, 0.15) is 28.4 Å². The SMILES string of the molecule is Cc1cccc(NS(=O)(=O)c2cccc(C(=O)O[C@H](C)C(=O)Nc3ccccc3C#N)c2)c1. The Bertz CT molecular complexity index is 1350. The van der Waals surface area contributed by atoms with Crippen molar-refractivity contribution in [2.24, 2.45) is 0 Å². The van der Waals surface area contributed by atoms with E-state index in [1.54, 1.807) is 42.5 Å². The standard InChI is InChI=1S/C24H21N3O5S/c1-16-7-5-10-20(13-16)27-33(30,31)21-11-6-9-18(14-21)24(29)32-17(2)23(28)26-22-12-4-3-8-19(22)15-25/h3-14,17,27H,1-2H3,(H,26,28)/t17-/m1/s1. The predicted molar refractivity (Wildman–Crippen MR) is 123 cm³/mol. The Morgan fingerprint density at radius 2 is 1.73 bits per heavy atom. The van der Waals surface area contributed by atoms with Gasteiger partial charge >= 0.3 is 5.97 Å². The molecule has 33 heavy (non-hydrogen) atoms. The van der Waals surface area contributed by atoms with Crippen molar-refractivity contribution >= 4 is 33.3 Å². The molecule has 0 bridgehead atoms. The molecule has 8 nitrogen and oxygen atoms in total. The molecule has 0 saturated heterocycles. The Morgan fingerprint density at radius 1 is 1.00 bits per heavy atom. The molecule has 0 aliphatic heterocycles. The molecule has 0 radical (unpaired) electrons. The highest BCUT2D eigenvalue weighted by molar-refractivity contribution is 7.92. The molecular weight excluding hydrogens is 442 g/mol. The van der Waals surface area contributed by atoms with E-state index < -0.39 is 28.0 Å². The zero-order valence-corrected chi connectivity index (χ0v) is 18.7. The van der Waals surface area contributed by atoms with Gasteiger partial charge < -0.3 is 10.1 Å². The van der Waals surface area contributed by atoms with E-state index in [1.165, 1.54) is 31.2 Å². The monoisotopic (exact) mass is 463 g/mol. The summed E-state index contributed by atoms with van der Waals surface area (Å²) in [6.45, 7) is 3.22. The van der Waals surface area contributed by atoms with Crippen molar-refractivity contribution in [1.82, 2.24) is 0 Å². The van der Waals surface area contributed by atoms with Crippen LogP contribution in [0, 0.1) is 18.3 Å². The second-order valence-corrected chi connectivity index (χ2v) is 8.88. The summed E-state index contributed by atoms with van der Waals surface area (Å²) >= 11 is 0. The third kappa shape index (κ3) is 5.96. The minimum atomic E-state index is -3.95. The van der Waals surface area contributed by atoms with Gasteiger partial charge in [0.2, 0.25) is 0 Å². The average Bonchev–Trinajstić information content (AvgIpc) is 2.79. The van der Waals surface area contributed by atoms with Gasteiger partial charge in [-0.15, -0.1) is 0 Å². The van der Waals surface area contributed by atoms with E-state index in [4.69, 9.17) is 10.00 Å². The third-order valence-electron chi connectivity index (χ3n) is 4.61. The zero-order valence-electron chi connectivity index (χ0n) is 17.9. The van der Waals surface area contributed by atoms with Crippen LogP contribution < -0.4 is 10.0 Å². The smallest absolute Gasteiger partial charge is 0.338 e. The molecule has 0 saturated carbocycles. The lowest BCUT2D eigenvalue weighted by Gasteiger charge is -2.15. The first-order valence-electron chi connectivity index (χ1n) is 9.90. The first-order valence-corrected chi connectivity index (χ1v) is 11.4. The Labute approximate surface area is 191 Å². The number of ether oxygens (including phenoxy) is 1. The maximum Gasteiger partial charge on any atom is 0.338 e. The number of esters is 1. The number of nitrogens with zero attached hydrogens (tertiary/aromatic N) is 1. The lowest BCUT2D eigenvalue weighted by Crippen LogP contribution is -2.30. The van der Waals surface area contributed by atoms with Crippen molar-refractivity contribution in [2.45, 2.75) is 24.8 Å². The number of para-hydroxylation sites is 1. The lowest BCUT2D eigenvalue weighted by atomic mass is 10.2. The van der Waals surface area contributed by atoms with Crippen molar-refractivity contribution in [3.8, 4) is 6.07 Å². The van der Waals surface area contributed by atoms with Crippen molar-refractivity contribution < 1.29 is 22.7 Å². The van der Waals surface area contributed by atoms with Crippen LogP contribution in [-0.2, 0) is 19.6 Å². The number of nitriles is 1. The molecule has 0 aliphatic rings. The topological polar surface area (TPSA) is 125 Å². The van der Waals surface area contributed by atoms with Crippen LogP contribution >= 0.6 is 0 Å². The Hall–Kier alpha value is -4.16. The van der Waals surface area contributed by atoms with Crippen LogP contribution in [0.15, 0.2) is 77.7 Å². The van der Waals surface area contributed by atoms with Crippen molar-refractivity contribution in [1.29, 1.82) is 5.26 Å². The van der Waals surface area contributed by atoms with E-state index in [0.717, 1.165) is 5.56 Å². The van der Waals surface area contributed by atoms with Crippen molar-refractivity contribution in [3.63, 3.8) is 0 Å². The molecule has 3 rings (SSSR count). The molecule has 0 unspecified atom stereocenters. The number of benzene rings is 3. The molecule has 0 fully saturated rings. The fourth-order valence-corrected chi connectivity index (χ4v) is 4.01. The number of hydrogen-bond acceptors (Lipinski definition) is 6. The van der Waals surface area contributed by atoms with Gasteiger partial charge in [0.1, 0.15) is 6.07 Å². The molecule has 1 atom stereocenters. The van der Waals surface area contributed by atoms with E-state index in [9.17, 15) is 18.0 Å². The van der Waals surface area contributed by atoms with E-state index in [1.807, 2.05) is 19.1 Å². The van der Waals surface area contributed by atoms with Gasteiger partial charge in [-0.1, -0.05) is 30.3 Å². The molecule has 0 aliphatic carbocycles.